The van der Waals surface area contributed by atoms with E-state index in [0.717, 1.165) is 24.1 Å². The SMILES string of the molecule is CO[C@@H]1[C@H](OC(=O)/C=C/c2ccc(NCCO)cc2)CC[C@]2(CO2)[C@H]1[C@@]1(C)O[C@@H]1CC=C(C)C. The normalized spacial score (nSPS) is 34.1. The third-order valence-corrected chi connectivity index (χ3v) is 7.27. The number of epoxide rings is 2. The van der Waals surface area contributed by atoms with Gasteiger partial charge in [0.2, 0.25) is 0 Å². The highest BCUT2D eigenvalue weighted by molar-refractivity contribution is 5.87. The molecule has 186 valence electrons. The number of allylic oxidation sites excluding steroid dienone is 1. The van der Waals surface area contributed by atoms with Gasteiger partial charge in [0.15, 0.2) is 0 Å². The minimum Gasteiger partial charge on any atom is -0.456 e. The molecule has 6 atom stereocenters. The molecule has 0 bridgehead atoms. The quantitative estimate of drug-likeness (QED) is 0.232. The summed E-state index contributed by atoms with van der Waals surface area (Å²) >= 11 is 0. The number of ether oxygens (including phenoxy) is 4. The summed E-state index contributed by atoms with van der Waals surface area (Å²) in [5.74, 6) is -0.376. The number of esters is 1. The zero-order chi connectivity index (χ0) is 24.3. The van der Waals surface area contributed by atoms with E-state index >= 15 is 0 Å². The molecule has 2 heterocycles. The first-order valence-corrected chi connectivity index (χ1v) is 12.1. The number of rotatable bonds is 10. The van der Waals surface area contributed by atoms with E-state index in [4.69, 9.17) is 24.1 Å². The average Bonchev–Trinajstić information content (AvgIpc) is 3.74. The molecule has 1 aromatic carbocycles. The van der Waals surface area contributed by atoms with E-state index in [1.165, 1.54) is 11.6 Å². The van der Waals surface area contributed by atoms with E-state index < -0.39 is 0 Å². The highest BCUT2D eigenvalue weighted by atomic mass is 16.6. The molecule has 2 saturated heterocycles. The van der Waals surface area contributed by atoms with Crippen molar-refractivity contribution in [3.05, 3.63) is 47.6 Å². The van der Waals surface area contributed by atoms with E-state index in [0.29, 0.717) is 19.6 Å². The summed E-state index contributed by atoms with van der Waals surface area (Å²) in [6, 6.07) is 7.63. The Morgan fingerprint density at radius 1 is 1.29 bits per heavy atom. The number of carbonyl (C=O) groups excluding carboxylic acids is 1. The Morgan fingerprint density at radius 3 is 2.65 bits per heavy atom. The number of aliphatic hydroxyl groups is 1. The molecule has 1 aliphatic carbocycles. The Morgan fingerprint density at radius 2 is 2.03 bits per heavy atom. The lowest BCUT2D eigenvalue weighted by atomic mass is 9.68. The first kappa shape index (κ1) is 24.9. The van der Waals surface area contributed by atoms with Crippen molar-refractivity contribution in [1.29, 1.82) is 0 Å². The van der Waals surface area contributed by atoms with E-state index in [1.54, 1.807) is 13.2 Å². The molecule has 4 rings (SSSR count). The van der Waals surface area contributed by atoms with Crippen LogP contribution in [0.25, 0.3) is 6.08 Å². The van der Waals surface area contributed by atoms with E-state index in [1.807, 2.05) is 24.3 Å². The Kier molecular flexibility index (Phi) is 7.48. The number of aliphatic hydroxyl groups excluding tert-OH is 1. The summed E-state index contributed by atoms with van der Waals surface area (Å²) in [7, 11) is 1.68. The van der Waals surface area contributed by atoms with Crippen molar-refractivity contribution in [2.75, 3.05) is 32.2 Å². The van der Waals surface area contributed by atoms with Crippen molar-refractivity contribution in [3.63, 3.8) is 0 Å². The number of nitrogens with one attached hydrogen (secondary N) is 1. The first-order chi connectivity index (χ1) is 16.3. The van der Waals surface area contributed by atoms with Gasteiger partial charge in [0, 0.05) is 25.4 Å². The molecule has 7 heteroatoms. The highest BCUT2D eigenvalue weighted by Gasteiger charge is 2.72. The fourth-order valence-corrected chi connectivity index (χ4v) is 5.34. The van der Waals surface area contributed by atoms with Gasteiger partial charge in [-0.1, -0.05) is 23.8 Å². The Bertz CT molecular complexity index is 918. The molecular weight excluding hydrogens is 434 g/mol. The summed E-state index contributed by atoms with van der Waals surface area (Å²) in [4.78, 5) is 12.7. The van der Waals surface area contributed by atoms with Crippen molar-refractivity contribution in [3.8, 4) is 0 Å². The summed E-state index contributed by atoms with van der Waals surface area (Å²) in [6.07, 6.45) is 7.29. The van der Waals surface area contributed by atoms with Gasteiger partial charge in [0.1, 0.15) is 23.4 Å². The highest BCUT2D eigenvalue weighted by Crippen LogP contribution is 2.59. The van der Waals surface area contributed by atoms with Crippen LogP contribution in [0.15, 0.2) is 42.0 Å². The number of hydrogen-bond donors (Lipinski definition) is 2. The first-order valence-electron chi connectivity index (χ1n) is 12.1. The lowest BCUT2D eigenvalue weighted by Crippen LogP contribution is -2.55. The number of carbonyl (C=O) groups is 1. The molecule has 1 saturated carbocycles. The van der Waals surface area contributed by atoms with Crippen LogP contribution >= 0.6 is 0 Å². The minimum absolute atomic E-state index is 0.00931. The molecule has 3 aliphatic rings. The van der Waals surface area contributed by atoms with Crippen molar-refractivity contribution in [2.45, 2.75) is 69.5 Å². The van der Waals surface area contributed by atoms with Crippen LogP contribution in [-0.2, 0) is 23.7 Å². The van der Waals surface area contributed by atoms with Crippen molar-refractivity contribution in [2.24, 2.45) is 5.92 Å². The van der Waals surface area contributed by atoms with Gasteiger partial charge in [-0.15, -0.1) is 0 Å². The van der Waals surface area contributed by atoms with Gasteiger partial charge in [-0.05, 0) is 63.8 Å². The summed E-state index contributed by atoms with van der Waals surface area (Å²) in [6.45, 7) is 7.60. The smallest absolute Gasteiger partial charge is 0.331 e. The molecule has 1 spiro atoms. The van der Waals surface area contributed by atoms with Gasteiger partial charge in [-0.3, -0.25) is 0 Å². The molecule has 0 radical (unpaired) electrons. The summed E-state index contributed by atoms with van der Waals surface area (Å²) in [5, 5.41) is 12.0. The van der Waals surface area contributed by atoms with Gasteiger partial charge in [0.25, 0.3) is 0 Å². The van der Waals surface area contributed by atoms with Gasteiger partial charge in [0.05, 0.1) is 25.2 Å². The molecular formula is C27H37NO6. The van der Waals surface area contributed by atoms with Crippen molar-refractivity contribution in [1.82, 2.24) is 0 Å². The van der Waals surface area contributed by atoms with Crippen LogP contribution in [0.5, 0.6) is 0 Å². The van der Waals surface area contributed by atoms with Crippen molar-refractivity contribution < 1.29 is 28.8 Å². The van der Waals surface area contributed by atoms with Gasteiger partial charge in [-0.2, -0.15) is 0 Å². The molecule has 0 aromatic heterocycles. The predicted molar refractivity (Wildman–Crippen MR) is 130 cm³/mol. The standard InChI is InChI=1S/C27H37NO6/c1-18(2)5-11-22-26(3,34-22)25-24(31-4)21(13-14-27(25)17-32-27)33-23(30)12-8-19-6-9-20(10-7-19)28-15-16-29/h5-10,12,21-22,24-25,28-29H,11,13-17H2,1-4H3/b12-8+/t21-,22-,24-,25-,26+,27+/m1/s1. The molecule has 2 N–H and O–H groups in total. The number of anilines is 1. The van der Waals surface area contributed by atoms with Crippen LogP contribution in [0, 0.1) is 5.92 Å². The fraction of sp³-hybridized carbons (Fsp3) is 0.593. The fourth-order valence-electron chi connectivity index (χ4n) is 5.34. The molecule has 3 fully saturated rings. The van der Waals surface area contributed by atoms with E-state index in [2.05, 4.69) is 32.2 Å². The maximum Gasteiger partial charge on any atom is 0.331 e. The molecule has 7 nitrogen and oxygen atoms in total. The number of methoxy groups -OCH3 is 1. The van der Waals surface area contributed by atoms with Gasteiger partial charge >= 0.3 is 5.97 Å². The monoisotopic (exact) mass is 471 g/mol. The molecule has 1 aromatic rings. The second kappa shape index (κ2) is 10.2. The zero-order valence-corrected chi connectivity index (χ0v) is 20.6. The van der Waals surface area contributed by atoms with Crippen LogP contribution in [-0.4, -0.2) is 67.5 Å². The second-order valence-electron chi connectivity index (χ2n) is 9.96. The second-order valence-corrected chi connectivity index (χ2v) is 9.96. The zero-order valence-electron chi connectivity index (χ0n) is 20.6. The summed E-state index contributed by atoms with van der Waals surface area (Å²) < 4.78 is 24.0. The largest absolute Gasteiger partial charge is 0.456 e. The predicted octanol–water partition coefficient (Wildman–Crippen LogP) is 3.72. The average molecular weight is 472 g/mol. The van der Waals surface area contributed by atoms with Crippen LogP contribution in [0.4, 0.5) is 5.69 Å². The minimum atomic E-state index is -0.385. The molecule has 0 amide bonds. The molecule has 2 aliphatic heterocycles. The van der Waals surface area contributed by atoms with Crippen LogP contribution in [0.1, 0.15) is 45.6 Å². The van der Waals surface area contributed by atoms with E-state index in [9.17, 15) is 4.79 Å². The number of benzene rings is 1. The van der Waals surface area contributed by atoms with E-state index in [-0.39, 0.29) is 48.0 Å². The van der Waals surface area contributed by atoms with Crippen LogP contribution in [0.3, 0.4) is 0 Å². The third kappa shape index (κ3) is 5.38. The van der Waals surface area contributed by atoms with Gasteiger partial charge < -0.3 is 29.4 Å². The Balaban J connectivity index is 1.39. The topological polar surface area (TPSA) is 92.9 Å². The maximum atomic E-state index is 12.7. The lowest BCUT2D eigenvalue weighted by molar-refractivity contribution is -0.166. The summed E-state index contributed by atoms with van der Waals surface area (Å²) in [5.41, 5.74) is 2.49. The number of hydrogen-bond acceptors (Lipinski definition) is 7. The Labute approximate surface area is 202 Å². The Hall–Kier alpha value is -2.19. The van der Waals surface area contributed by atoms with Crippen LogP contribution < -0.4 is 5.32 Å². The molecule has 0 unspecified atom stereocenters. The third-order valence-electron chi connectivity index (χ3n) is 7.27. The maximum absolute atomic E-state index is 12.7. The van der Waals surface area contributed by atoms with Crippen LogP contribution in [0.2, 0.25) is 0 Å². The molecule has 34 heavy (non-hydrogen) atoms. The van der Waals surface area contributed by atoms with Gasteiger partial charge in [-0.25, -0.2) is 4.79 Å². The van der Waals surface area contributed by atoms with Crippen molar-refractivity contribution >= 4 is 17.7 Å². The lowest BCUT2D eigenvalue weighted by Gasteiger charge is -2.42.